The Balaban J connectivity index is 1.29. The van der Waals surface area contributed by atoms with Crippen molar-refractivity contribution >= 4 is 21.7 Å². The Labute approximate surface area is 160 Å². The SMILES string of the molecule is CN1CC2(CC(S(=O)(=O)NC(=O)Nc3c4c(cc5c3CCC5)CCC4)C2)C1. The van der Waals surface area contributed by atoms with Crippen LogP contribution >= 0.6 is 0 Å². The van der Waals surface area contributed by atoms with Gasteiger partial charge in [0.2, 0.25) is 10.0 Å². The average molecular weight is 390 g/mol. The number of fused-ring (bicyclic) bond motifs is 2. The smallest absolute Gasteiger partial charge is 0.307 e. The highest BCUT2D eigenvalue weighted by Crippen LogP contribution is 2.50. The highest BCUT2D eigenvalue weighted by Gasteiger charge is 2.55. The summed E-state index contributed by atoms with van der Waals surface area (Å²) in [6.07, 6.45) is 7.56. The van der Waals surface area contributed by atoms with Crippen molar-refractivity contribution in [3.63, 3.8) is 0 Å². The zero-order chi connectivity index (χ0) is 18.8. The van der Waals surface area contributed by atoms with Gasteiger partial charge in [0.25, 0.3) is 0 Å². The number of rotatable bonds is 3. The Kier molecular flexibility index (Phi) is 3.85. The largest absolute Gasteiger partial charge is 0.332 e. The van der Waals surface area contributed by atoms with Crippen LogP contribution in [-0.2, 0) is 35.7 Å². The van der Waals surface area contributed by atoms with Gasteiger partial charge in [-0.1, -0.05) is 6.07 Å². The maximum atomic E-state index is 12.6. The lowest BCUT2D eigenvalue weighted by molar-refractivity contribution is -0.0409. The molecule has 1 spiro atoms. The van der Waals surface area contributed by atoms with E-state index < -0.39 is 21.3 Å². The topological polar surface area (TPSA) is 78.5 Å². The van der Waals surface area contributed by atoms with Crippen molar-refractivity contribution in [1.82, 2.24) is 9.62 Å². The Morgan fingerprint density at radius 2 is 1.67 bits per heavy atom. The number of anilines is 1. The first-order chi connectivity index (χ1) is 12.9. The van der Waals surface area contributed by atoms with Gasteiger partial charge < -0.3 is 10.2 Å². The first-order valence-electron chi connectivity index (χ1n) is 10.0. The van der Waals surface area contributed by atoms with Crippen LogP contribution in [0.5, 0.6) is 0 Å². The van der Waals surface area contributed by atoms with Gasteiger partial charge in [0.1, 0.15) is 0 Å². The molecule has 1 aliphatic heterocycles. The van der Waals surface area contributed by atoms with Crippen molar-refractivity contribution < 1.29 is 13.2 Å². The van der Waals surface area contributed by atoms with Crippen molar-refractivity contribution in [3.05, 3.63) is 28.3 Å². The van der Waals surface area contributed by atoms with E-state index in [-0.39, 0.29) is 5.41 Å². The quantitative estimate of drug-likeness (QED) is 0.831. The summed E-state index contributed by atoms with van der Waals surface area (Å²) in [5, 5.41) is 2.48. The highest BCUT2D eigenvalue weighted by atomic mass is 32.2. The predicted octanol–water partition coefficient (Wildman–Crippen LogP) is 2.21. The van der Waals surface area contributed by atoms with E-state index in [1.165, 1.54) is 22.3 Å². The number of aryl methyl sites for hydroxylation is 2. The number of carbonyl (C=O) groups excluding carboxylic acids is 1. The monoisotopic (exact) mass is 389 g/mol. The van der Waals surface area contributed by atoms with Crippen LogP contribution in [0.1, 0.15) is 47.9 Å². The minimum atomic E-state index is -3.62. The van der Waals surface area contributed by atoms with Gasteiger partial charge in [-0.15, -0.1) is 0 Å². The zero-order valence-electron chi connectivity index (χ0n) is 15.8. The Bertz CT molecular complexity index is 879. The summed E-state index contributed by atoms with van der Waals surface area (Å²) < 4.78 is 27.5. The van der Waals surface area contributed by atoms with E-state index in [1.54, 1.807) is 0 Å². The summed E-state index contributed by atoms with van der Waals surface area (Å²) in [7, 11) is -1.57. The summed E-state index contributed by atoms with van der Waals surface area (Å²) >= 11 is 0. The first kappa shape index (κ1) is 17.5. The molecule has 0 bridgehead atoms. The van der Waals surface area contributed by atoms with Gasteiger partial charge in [0.15, 0.2) is 0 Å². The van der Waals surface area contributed by atoms with Crippen LogP contribution in [0.25, 0.3) is 0 Å². The summed E-state index contributed by atoms with van der Waals surface area (Å²) in [4.78, 5) is 14.8. The summed E-state index contributed by atoms with van der Waals surface area (Å²) in [5.74, 6) is 0. The van der Waals surface area contributed by atoms with E-state index in [1.807, 2.05) is 0 Å². The highest BCUT2D eigenvalue weighted by molar-refractivity contribution is 7.90. The first-order valence-corrected chi connectivity index (χ1v) is 11.6. The minimum absolute atomic E-state index is 0.172. The van der Waals surface area contributed by atoms with Crippen LogP contribution in [-0.4, -0.2) is 44.7 Å². The Morgan fingerprint density at radius 3 is 2.22 bits per heavy atom. The number of benzene rings is 1. The van der Waals surface area contributed by atoms with Crippen molar-refractivity contribution in [2.24, 2.45) is 5.41 Å². The number of likely N-dealkylation sites (tertiary alicyclic amines) is 1. The van der Waals surface area contributed by atoms with Gasteiger partial charge in [-0.3, -0.25) is 0 Å². The fraction of sp³-hybridized carbons (Fsp3) is 0.650. The van der Waals surface area contributed by atoms with E-state index in [9.17, 15) is 13.2 Å². The molecular weight excluding hydrogens is 362 g/mol. The van der Waals surface area contributed by atoms with Gasteiger partial charge in [0, 0.05) is 18.8 Å². The molecule has 2 N–H and O–H groups in total. The van der Waals surface area contributed by atoms with Gasteiger partial charge >= 0.3 is 6.03 Å². The average Bonchev–Trinajstić information content (AvgIpc) is 3.16. The number of amides is 2. The molecule has 5 rings (SSSR count). The van der Waals surface area contributed by atoms with Gasteiger partial charge in [-0.25, -0.2) is 17.9 Å². The molecule has 7 heteroatoms. The van der Waals surface area contributed by atoms with Gasteiger partial charge in [-0.05, 0) is 86.1 Å². The van der Waals surface area contributed by atoms with Crippen LogP contribution in [0.4, 0.5) is 10.5 Å². The number of carbonyl (C=O) groups is 1. The molecule has 2 fully saturated rings. The Hall–Kier alpha value is -1.60. The lowest BCUT2D eigenvalue weighted by atomic mass is 9.63. The van der Waals surface area contributed by atoms with E-state index in [4.69, 9.17) is 0 Å². The summed E-state index contributed by atoms with van der Waals surface area (Å²) in [6, 6.07) is 1.70. The zero-order valence-corrected chi connectivity index (χ0v) is 16.6. The Morgan fingerprint density at radius 1 is 1.07 bits per heavy atom. The second kappa shape index (κ2) is 5.95. The number of hydrogen-bond donors (Lipinski definition) is 2. The normalized spacial score (nSPS) is 23.4. The molecule has 6 nitrogen and oxygen atoms in total. The molecule has 1 heterocycles. The molecule has 1 saturated carbocycles. The third-order valence-corrected chi connectivity index (χ3v) is 8.60. The fourth-order valence-corrected chi connectivity index (χ4v) is 7.42. The van der Waals surface area contributed by atoms with E-state index >= 15 is 0 Å². The van der Waals surface area contributed by atoms with Crippen molar-refractivity contribution in [1.29, 1.82) is 0 Å². The molecule has 4 aliphatic rings. The number of sulfonamides is 1. The minimum Gasteiger partial charge on any atom is -0.307 e. The van der Waals surface area contributed by atoms with Gasteiger partial charge in [0.05, 0.1) is 5.25 Å². The molecule has 0 radical (unpaired) electrons. The lowest BCUT2D eigenvalue weighted by Crippen LogP contribution is -2.64. The number of nitrogens with one attached hydrogen (secondary N) is 2. The second-order valence-electron chi connectivity index (χ2n) is 9.04. The molecule has 2 amide bonds. The summed E-state index contributed by atoms with van der Waals surface area (Å²) in [6.45, 7) is 1.93. The molecule has 3 aliphatic carbocycles. The molecule has 0 aromatic heterocycles. The molecule has 0 unspecified atom stereocenters. The second-order valence-corrected chi connectivity index (χ2v) is 11.0. The van der Waals surface area contributed by atoms with Crippen molar-refractivity contribution in [2.75, 3.05) is 25.5 Å². The predicted molar refractivity (Wildman–Crippen MR) is 105 cm³/mol. The van der Waals surface area contributed by atoms with Gasteiger partial charge in [-0.2, -0.15) is 0 Å². The van der Waals surface area contributed by atoms with Crippen LogP contribution in [0.15, 0.2) is 6.07 Å². The molecule has 1 aromatic rings. The third kappa shape index (κ3) is 2.86. The third-order valence-electron chi connectivity index (χ3n) is 6.92. The molecular formula is C20H27N3O3S. The van der Waals surface area contributed by atoms with Crippen molar-refractivity contribution in [3.8, 4) is 0 Å². The number of hydrogen-bond acceptors (Lipinski definition) is 4. The maximum Gasteiger partial charge on any atom is 0.332 e. The molecule has 1 saturated heterocycles. The lowest BCUT2D eigenvalue weighted by Gasteiger charge is -2.57. The molecule has 1 aromatic carbocycles. The number of urea groups is 1. The fourth-order valence-electron chi connectivity index (χ4n) is 5.80. The summed E-state index contributed by atoms with van der Waals surface area (Å²) in [5.41, 5.74) is 6.13. The molecule has 27 heavy (non-hydrogen) atoms. The standard InChI is InChI=1S/C20H27N3O3S/c1-23-11-20(12-23)9-15(10-20)27(25,26)22-19(24)21-18-16-6-2-4-13(16)8-14-5-3-7-17(14)18/h8,15H,2-7,9-12H2,1H3,(H2,21,22,24). The van der Waals surface area contributed by atoms with E-state index in [0.29, 0.717) is 12.8 Å². The van der Waals surface area contributed by atoms with E-state index in [2.05, 4.69) is 28.1 Å². The molecule has 0 atom stereocenters. The van der Waals surface area contributed by atoms with Crippen LogP contribution < -0.4 is 10.0 Å². The maximum absolute atomic E-state index is 12.6. The van der Waals surface area contributed by atoms with E-state index in [0.717, 1.165) is 57.3 Å². The van der Waals surface area contributed by atoms with Crippen LogP contribution in [0, 0.1) is 5.41 Å². The number of nitrogens with zero attached hydrogens (tertiary/aromatic N) is 1. The molecule has 146 valence electrons. The van der Waals surface area contributed by atoms with Crippen LogP contribution in [0.3, 0.4) is 0 Å². The van der Waals surface area contributed by atoms with Crippen molar-refractivity contribution in [2.45, 2.75) is 56.6 Å². The van der Waals surface area contributed by atoms with Crippen LogP contribution in [0.2, 0.25) is 0 Å².